The topological polar surface area (TPSA) is 120 Å². The molecular weight excluding hydrogens is 418 g/mol. The van der Waals surface area contributed by atoms with Crippen molar-refractivity contribution < 1.29 is 14.6 Å². The van der Waals surface area contributed by atoms with Crippen LogP contribution in [0.25, 0.3) is 6.08 Å². The van der Waals surface area contributed by atoms with E-state index < -0.39 is 0 Å². The smallest absolute Gasteiger partial charge is 0.248 e. The third-order valence-corrected chi connectivity index (χ3v) is 5.23. The minimum atomic E-state index is -0.367. The zero-order valence-corrected chi connectivity index (χ0v) is 17.9. The van der Waals surface area contributed by atoms with Gasteiger partial charge in [-0.1, -0.05) is 12.1 Å². The maximum Gasteiger partial charge on any atom is 0.248 e. The summed E-state index contributed by atoms with van der Waals surface area (Å²) in [5.74, 6) is 0.988. The Balaban J connectivity index is 1.46. The van der Waals surface area contributed by atoms with Gasteiger partial charge in [-0.05, 0) is 62.1 Å². The number of para-hydroxylation sites is 1. The zero-order valence-electron chi connectivity index (χ0n) is 17.9. The number of aromatic hydroxyl groups is 1. The van der Waals surface area contributed by atoms with Crippen molar-refractivity contribution in [3.05, 3.63) is 72.1 Å². The largest absolute Gasteiger partial charge is 0.504 e. The maximum absolute atomic E-state index is 12.6. The molecule has 0 aliphatic heterocycles. The Kier molecular flexibility index (Phi) is 6.81. The van der Waals surface area contributed by atoms with Gasteiger partial charge in [-0.15, -0.1) is 0 Å². The summed E-state index contributed by atoms with van der Waals surface area (Å²) in [6, 6.07) is 13.8. The molecule has 0 atom stereocenters. The van der Waals surface area contributed by atoms with E-state index in [9.17, 15) is 9.90 Å². The first-order valence-corrected chi connectivity index (χ1v) is 10.7. The summed E-state index contributed by atoms with van der Waals surface area (Å²) in [6.45, 7) is 0. The molecule has 0 radical (unpaired) electrons. The van der Waals surface area contributed by atoms with Crippen LogP contribution in [0.15, 0.2) is 60.9 Å². The molecule has 1 aliphatic carbocycles. The summed E-state index contributed by atoms with van der Waals surface area (Å²) >= 11 is 0. The lowest BCUT2D eigenvalue weighted by molar-refractivity contribution is -0.111. The zero-order chi connectivity index (χ0) is 23.0. The summed E-state index contributed by atoms with van der Waals surface area (Å²) in [4.78, 5) is 21.0. The van der Waals surface area contributed by atoms with Crippen molar-refractivity contribution in [2.75, 3.05) is 10.6 Å². The highest BCUT2D eigenvalue weighted by Crippen LogP contribution is 2.34. The first-order valence-electron chi connectivity index (χ1n) is 10.7. The number of hydrogen-bond acceptors (Lipinski definition) is 7. The van der Waals surface area contributed by atoms with Crippen LogP contribution in [0, 0.1) is 11.3 Å². The van der Waals surface area contributed by atoms with Gasteiger partial charge in [0.25, 0.3) is 0 Å². The number of phenolic OH excluding ortho intramolecular Hbond substituents is 1. The van der Waals surface area contributed by atoms with Crippen molar-refractivity contribution in [3.63, 3.8) is 0 Å². The Morgan fingerprint density at radius 3 is 2.76 bits per heavy atom. The second-order valence-corrected chi connectivity index (χ2v) is 7.61. The normalized spacial score (nSPS) is 13.5. The molecule has 0 saturated heterocycles. The van der Waals surface area contributed by atoms with Crippen LogP contribution in [0.2, 0.25) is 0 Å². The molecule has 166 valence electrons. The van der Waals surface area contributed by atoms with Gasteiger partial charge in [-0.2, -0.15) is 5.26 Å². The van der Waals surface area contributed by atoms with Crippen LogP contribution >= 0.6 is 0 Å². The van der Waals surface area contributed by atoms with Crippen molar-refractivity contribution >= 4 is 29.3 Å². The molecule has 2 aromatic heterocycles. The van der Waals surface area contributed by atoms with Gasteiger partial charge in [0.2, 0.25) is 5.91 Å². The number of carbonyl (C=O) groups is 1. The summed E-state index contributed by atoms with van der Waals surface area (Å²) < 4.78 is 6.01. The molecule has 1 fully saturated rings. The minimum Gasteiger partial charge on any atom is -0.504 e. The van der Waals surface area contributed by atoms with E-state index in [1.165, 1.54) is 12.3 Å². The molecule has 1 aromatic carbocycles. The number of nitrogens with one attached hydrogen (secondary N) is 2. The predicted molar refractivity (Wildman–Crippen MR) is 125 cm³/mol. The molecule has 1 saturated carbocycles. The maximum atomic E-state index is 12.6. The Bertz CT molecular complexity index is 1200. The first kappa shape index (κ1) is 21.8. The molecule has 4 rings (SSSR count). The fourth-order valence-corrected chi connectivity index (χ4v) is 3.58. The molecule has 1 amide bonds. The van der Waals surface area contributed by atoms with Crippen molar-refractivity contribution in [2.45, 2.75) is 31.8 Å². The van der Waals surface area contributed by atoms with Crippen LogP contribution in [0.3, 0.4) is 0 Å². The highest BCUT2D eigenvalue weighted by atomic mass is 16.5. The second kappa shape index (κ2) is 10.3. The Morgan fingerprint density at radius 1 is 1.15 bits per heavy atom. The molecule has 2 heterocycles. The lowest BCUT2D eigenvalue weighted by Crippen LogP contribution is -2.12. The van der Waals surface area contributed by atoms with Gasteiger partial charge in [0.15, 0.2) is 17.3 Å². The highest BCUT2D eigenvalue weighted by molar-refractivity contribution is 6.03. The van der Waals surface area contributed by atoms with Crippen molar-refractivity contribution in [2.24, 2.45) is 0 Å². The van der Waals surface area contributed by atoms with Gasteiger partial charge >= 0.3 is 0 Å². The summed E-state index contributed by atoms with van der Waals surface area (Å²) in [7, 11) is 0. The molecule has 8 heteroatoms. The van der Waals surface area contributed by atoms with Crippen LogP contribution in [0.1, 0.15) is 36.8 Å². The monoisotopic (exact) mass is 441 g/mol. The molecule has 8 nitrogen and oxygen atoms in total. The van der Waals surface area contributed by atoms with Crippen LogP contribution in [-0.4, -0.2) is 27.1 Å². The van der Waals surface area contributed by atoms with E-state index in [0.29, 0.717) is 34.2 Å². The average molecular weight is 441 g/mol. The molecule has 3 aromatic rings. The van der Waals surface area contributed by atoms with E-state index >= 15 is 0 Å². The minimum absolute atomic E-state index is 0.0538. The quantitative estimate of drug-likeness (QED) is 0.452. The number of nitrogens with zero attached hydrogens (tertiary/aromatic N) is 3. The molecular formula is C25H23N5O3. The Hall–Kier alpha value is -4.38. The number of hydrogen-bond donors (Lipinski definition) is 3. The lowest BCUT2D eigenvalue weighted by Gasteiger charge is -2.16. The summed E-state index contributed by atoms with van der Waals surface area (Å²) in [5.41, 5.74) is 1.54. The third-order valence-electron chi connectivity index (χ3n) is 5.23. The van der Waals surface area contributed by atoms with E-state index in [1.54, 1.807) is 54.7 Å². The standard InChI is InChI=1S/C25H23N5O3/c26-15-17-10-12-22(28-16-17)30-25-20(8-4-14-27-25)29-23(32)13-11-18-5-3-9-21(31)24(18)33-19-6-1-2-7-19/h3-5,8-14,16,19,31H,1-2,6-7H2,(H,29,32)(H,27,28,30)/b13-11+. The van der Waals surface area contributed by atoms with Crippen molar-refractivity contribution in [1.29, 1.82) is 5.26 Å². The van der Waals surface area contributed by atoms with Crippen LogP contribution in [-0.2, 0) is 4.79 Å². The number of benzene rings is 1. The van der Waals surface area contributed by atoms with E-state index in [0.717, 1.165) is 25.7 Å². The van der Waals surface area contributed by atoms with Crippen LogP contribution < -0.4 is 15.4 Å². The third kappa shape index (κ3) is 5.66. The Morgan fingerprint density at radius 2 is 2.00 bits per heavy atom. The molecule has 0 unspecified atom stereocenters. The van der Waals surface area contributed by atoms with Gasteiger partial charge in [0.1, 0.15) is 11.9 Å². The number of phenols is 1. The predicted octanol–water partition coefficient (Wildman–Crippen LogP) is 4.77. The number of nitriles is 1. The molecule has 1 aliphatic rings. The SMILES string of the molecule is N#Cc1ccc(Nc2ncccc2NC(=O)/C=C/c2cccc(O)c2OC2CCCC2)nc1. The van der Waals surface area contributed by atoms with E-state index in [-0.39, 0.29) is 17.8 Å². The average Bonchev–Trinajstić information content (AvgIpc) is 3.34. The molecule has 0 bridgehead atoms. The molecule has 0 spiro atoms. The fraction of sp³-hybridized carbons (Fsp3) is 0.200. The first-order chi connectivity index (χ1) is 16.1. The second-order valence-electron chi connectivity index (χ2n) is 7.61. The van der Waals surface area contributed by atoms with Gasteiger partial charge in [0.05, 0.1) is 17.4 Å². The summed E-state index contributed by atoms with van der Waals surface area (Å²) in [6.07, 6.45) is 10.3. The van der Waals surface area contributed by atoms with Crippen molar-refractivity contribution in [1.82, 2.24) is 9.97 Å². The van der Waals surface area contributed by atoms with Crippen LogP contribution in [0.4, 0.5) is 17.3 Å². The van der Waals surface area contributed by atoms with E-state index in [4.69, 9.17) is 10.00 Å². The number of ether oxygens (including phenoxy) is 1. The van der Waals surface area contributed by atoms with Crippen LogP contribution in [0.5, 0.6) is 11.5 Å². The number of pyridine rings is 2. The number of carbonyl (C=O) groups excluding carboxylic acids is 1. The number of anilines is 3. The summed E-state index contributed by atoms with van der Waals surface area (Å²) in [5, 5.41) is 25.0. The van der Waals surface area contributed by atoms with Gasteiger partial charge < -0.3 is 20.5 Å². The van der Waals surface area contributed by atoms with Gasteiger partial charge in [0, 0.05) is 24.0 Å². The number of amides is 1. The van der Waals surface area contributed by atoms with Gasteiger partial charge in [-0.25, -0.2) is 9.97 Å². The lowest BCUT2D eigenvalue weighted by atomic mass is 10.1. The number of aromatic nitrogens is 2. The Labute approximate surface area is 191 Å². The number of rotatable bonds is 7. The van der Waals surface area contributed by atoms with Crippen molar-refractivity contribution in [3.8, 4) is 17.6 Å². The molecule has 33 heavy (non-hydrogen) atoms. The van der Waals surface area contributed by atoms with E-state index in [1.807, 2.05) is 6.07 Å². The van der Waals surface area contributed by atoms with E-state index in [2.05, 4.69) is 20.6 Å². The fourth-order valence-electron chi connectivity index (χ4n) is 3.58. The van der Waals surface area contributed by atoms with Gasteiger partial charge in [-0.3, -0.25) is 4.79 Å². The molecule has 3 N–H and O–H groups in total. The highest BCUT2D eigenvalue weighted by Gasteiger charge is 2.19.